The zero-order valence-electron chi connectivity index (χ0n) is 13.2. The highest BCUT2D eigenvalue weighted by Gasteiger charge is 2.31. The Balaban J connectivity index is 2.23. The van der Waals surface area contributed by atoms with Crippen LogP contribution in [-0.2, 0) is 19.0 Å². The number of nitrogens with one attached hydrogen (secondary N) is 1. The second-order valence-corrected chi connectivity index (χ2v) is 7.34. The number of hydrogen-bond donors (Lipinski definition) is 1. The summed E-state index contributed by atoms with van der Waals surface area (Å²) in [5, 5.41) is 8.15. The molecule has 0 radical (unpaired) electrons. The zero-order chi connectivity index (χ0) is 14.3. The predicted molar refractivity (Wildman–Crippen MR) is 79.3 cm³/mol. The molecule has 0 saturated carbocycles. The third-order valence-corrected chi connectivity index (χ3v) is 3.95. The Morgan fingerprint density at radius 2 is 2.05 bits per heavy atom. The fourth-order valence-corrected chi connectivity index (χ4v) is 2.81. The van der Waals surface area contributed by atoms with E-state index in [9.17, 15) is 0 Å². The summed E-state index contributed by atoms with van der Waals surface area (Å²) in [5.74, 6) is 0. The van der Waals surface area contributed by atoms with Gasteiger partial charge in [-0.2, -0.15) is 5.10 Å². The van der Waals surface area contributed by atoms with Crippen LogP contribution in [0.1, 0.15) is 45.9 Å². The summed E-state index contributed by atoms with van der Waals surface area (Å²) in [4.78, 5) is 2.57. The lowest BCUT2D eigenvalue weighted by molar-refractivity contribution is 0.0822. The Morgan fingerprint density at radius 3 is 2.63 bits per heavy atom. The first-order valence-electron chi connectivity index (χ1n) is 7.19. The summed E-state index contributed by atoms with van der Waals surface area (Å²) in [6, 6.07) is 0. The van der Waals surface area contributed by atoms with Gasteiger partial charge in [-0.3, -0.25) is 9.58 Å². The van der Waals surface area contributed by atoms with Gasteiger partial charge in [0.2, 0.25) is 0 Å². The van der Waals surface area contributed by atoms with Gasteiger partial charge in [-0.15, -0.1) is 0 Å². The van der Waals surface area contributed by atoms with Gasteiger partial charge in [-0.1, -0.05) is 20.8 Å². The molecule has 0 unspecified atom stereocenters. The van der Waals surface area contributed by atoms with Gasteiger partial charge < -0.3 is 5.32 Å². The van der Waals surface area contributed by atoms with Crippen LogP contribution in [0.3, 0.4) is 0 Å². The van der Waals surface area contributed by atoms with Crippen molar-refractivity contribution >= 4 is 0 Å². The van der Waals surface area contributed by atoms with E-state index in [0.717, 1.165) is 26.2 Å². The fraction of sp³-hybridized carbons (Fsp3) is 0.800. The Bertz CT molecular complexity index is 439. The highest BCUT2D eigenvalue weighted by Crippen LogP contribution is 2.27. The average molecular weight is 264 g/mol. The second kappa shape index (κ2) is 4.91. The zero-order valence-corrected chi connectivity index (χ0v) is 13.2. The van der Waals surface area contributed by atoms with Crippen molar-refractivity contribution < 1.29 is 0 Å². The Labute approximate surface area is 117 Å². The van der Waals surface area contributed by atoms with E-state index >= 15 is 0 Å². The van der Waals surface area contributed by atoms with Crippen molar-refractivity contribution in [1.82, 2.24) is 20.0 Å². The quantitative estimate of drug-likeness (QED) is 0.885. The molecule has 4 heteroatoms. The van der Waals surface area contributed by atoms with E-state index in [0.29, 0.717) is 0 Å². The van der Waals surface area contributed by atoms with Crippen LogP contribution in [0.2, 0.25) is 0 Å². The van der Waals surface area contributed by atoms with Crippen molar-refractivity contribution in [1.29, 1.82) is 0 Å². The van der Waals surface area contributed by atoms with Gasteiger partial charge in [0.25, 0.3) is 0 Å². The molecule has 1 aromatic rings. The van der Waals surface area contributed by atoms with Crippen molar-refractivity contribution in [2.45, 2.75) is 52.1 Å². The average Bonchev–Trinajstić information content (AvgIpc) is 2.62. The number of rotatable bonds is 2. The summed E-state index contributed by atoms with van der Waals surface area (Å²) in [6.45, 7) is 15.6. The maximum absolute atomic E-state index is 4.67. The summed E-state index contributed by atoms with van der Waals surface area (Å²) in [5.41, 5.74) is 2.91. The SMILES string of the molecule is Cn1cc(CN2CCNCC2(C)C)c(C(C)(C)C)n1. The smallest absolute Gasteiger partial charge is 0.0722 e. The molecule has 0 bridgehead atoms. The van der Waals surface area contributed by atoms with Crippen molar-refractivity contribution in [2.75, 3.05) is 19.6 Å². The number of aromatic nitrogens is 2. The first-order chi connectivity index (χ1) is 8.70. The second-order valence-electron chi connectivity index (χ2n) is 7.34. The molecule has 108 valence electrons. The molecule has 0 spiro atoms. The summed E-state index contributed by atoms with van der Waals surface area (Å²) < 4.78 is 1.95. The monoisotopic (exact) mass is 264 g/mol. The molecule has 1 aromatic heterocycles. The topological polar surface area (TPSA) is 33.1 Å². The van der Waals surface area contributed by atoms with Crippen LogP contribution in [0, 0.1) is 0 Å². The summed E-state index contributed by atoms with van der Waals surface area (Å²) >= 11 is 0. The lowest BCUT2D eigenvalue weighted by Gasteiger charge is -2.43. The van der Waals surface area contributed by atoms with Crippen LogP contribution in [0.25, 0.3) is 0 Å². The van der Waals surface area contributed by atoms with Crippen LogP contribution < -0.4 is 5.32 Å². The molecule has 1 saturated heterocycles. The highest BCUT2D eigenvalue weighted by atomic mass is 15.3. The Morgan fingerprint density at radius 1 is 1.37 bits per heavy atom. The van der Waals surface area contributed by atoms with Crippen molar-refractivity contribution in [3.63, 3.8) is 0 Å². The van der Waals surface area contributed by atoms with Crippen LogP contribution in [0.15, 0.2) is 6.20 Å². The summed E-state index contributed by atoms with van der Waals surface area (Å²) in [7, 11) is 2.02. The standard InChI is InChI=1S/C15H28N4/c1-14(2,3)13-12(9-18(6)17-13)10-19-8-7-16-11-15(19,4)5/h9,16H,7-8,10-11H2,1-6H3. The molecule has 2 rings (SSSR count). The van der Waals surface area contributed by atoms with E-state index < -0.39 is 0 Å². The van der Waals surface area contributed by atoms with Crippen LogP contribution in [0.4, 0.5) is 0 Å². The minimum atomic E-state index is 0.106. The van der Waals surface area contributed by atoms with Crippen LogP contribution in [0.5, 0.6) is 0 Å². The molecule has 1 aliphatic heterocycles. The van der Waals surface area contributed by atoms with Gasteiger partial charge in [0.05, 0.1) is 5.69 Å². The number of hydrogen-bond acceptors (Lipinski definition) is 3. The molecule has 1 N–H and O–H groups in total. The molecule has 2 heterocycles. The molecule has 4 nitrogen and oxygen atoms in total. The number of nitrogens with zero attached hydrogens (tertiary/aromatic N) is 3. The van der Waals surface area contributed by atoms with Crippen molar-refractivity contribution in [2.24, 2.45) is 7.05 Å². The third-order valence-electron chi connectivity index (χ3n) is 3.95. The molecule has 0 aliphatic carbocycles. The van der Waals surface area contributed by atoms with E-state index in [1.54, 1.807) is 0 Å². The maximum atomic E-state index is 4.67. The molecule has 19 heavy (non-hydrogen) atoms. The third kappa shape index (κ3) is 3.18. The van der Waals surface area contributed by atoms with Gasteiger partial charge in [0.15, 0.2) is 0 Å². The minimum absolute atomic E-state index is 0.106. The van der Waals surface area contributed by atoms with Gasteiger partial charge in [-0.25, -0.2) is 0 Å². The van der Waals surface area contributed by atoms with Gasteiger partial charge in [0, 0.05) is 55.9 Å². The molecule has 1 fully saturated rings. The minimum Gasteiger partial charge on any atom is -0.314 e. The fourth-order valence-electron chi connectivity index (χ4n) is 2.81. The Hall–Kier alpha value is -0.870. The lowest BCUT2D eigenvalue weighted by Crippen LogP contribution is -2.57. The van der Waals surface area contributed by atoms with Gasteiger partial charge in [-0.05, 0) is 13.8 Å². The van der Waals surface area contributed by atoms with E-state index in [1.807, 2.05) is 11.7 Å². The van der Waals surface area contributed by atoms with Crippen LogP contribution in [-0.4, -0.2) is 39.9 Å². The first-order valence-corrected chi connectivity index (χ1v) is 7.19. The van der Waals surface area contributed by atoms with Crippen molar-refractivity contribution in [3.8, 4) is 0 Å². The predicted octanol–water partition coefficient (Wildman–Crippen LogP) is 1.90. The molecule has 0 aromatic carbocycles. The van der Waals surface area contributed by atoms with E-state index in [2.05, 4.69) is 56.1 Å². The molecule has 0 atom stereocenters. The molecule has 0 amide bonds. The Kier molecular flexibility index (Phi) is 3.76. The normalized spacial score (nSPS) is 20.7. The maximum Gasteiger partial charge on any atom is 0.0722 e. The molecular weight excluding hydrogens is 236 g/mol. The van der Waals surface area contributed by atoms with Gasteiger partial charge in [0.1, 0.15) is 0 Å². The first kappa shape index (κ1) is 14.5. The molecular formula is C15H28N4. The molecule has 1 aliphatic rings. The number of aryl methyl sites for hydroxylation is 1. The van der Waals surface area contributed by atoms with E-state index in [4.69, 9.17) is 0 Å². The van der Waals surface area contributed by atoms with E-state index in [1.165, 1.54) is 11.3 Å². The van der Waals surface area contributed by atoms with Crippen LogP contribution >= 0.6 is 0 Å². The van der Waals surface area contributed by atoms with Crippen molar-refractivity contribution in [3.05, 3.63) is 17.5 Å². The van der Waals surface area contributed by atoms with E-state index in [-0.39, 0.29) is 11.0 Å². The highest BCUT2D eigenvalue weighted by molar-refractivity contribution is 5.24. The van der Waals surface area contributed by atoms with Gasteiger partial charge >= 0.3 is 0 Å². The lowest BCUT2D eigenvalue weighted by atomic mass is 9.89. The number of piperazine rings is 1. The largest absolute Gasteiger partial charge is 0.314 e. The summed E-state index contributed by atoms with van der Waals surface area (Å²) in [6.07, 6.45) is 2.18.